The lowest BCUT2D eigenvalue weighted by Gasteiger charge is -2.48. The van der Waals surface area contributed by atoms with Crippen molar-refractivity contribution in [3.63, 3.8) is 0 Å². The van der Waals surface area contributed by atoms with E-state index < -0.39 is 0 Å². The van der Waals surface area contributed by atoms with Gasteiger partial charge in [-0.2, -0.15) is 0 Å². The minimum Gasteiger partial charge on any atom is -0.411 e. The van der Waals surface area contributed by atoms with Crippen molar-refractivity contribution >= 4 is 17.7 Å². The molecule has 1 amide bonds. The van der Waals surface area contributed by atoms with E-state index in [4.69, 9.17) is 9.15 Å². The van der Waals surface area contributed by atoms with Crippen molar-refractivity contribution < 1.29 is 13.9 Å². The summed E-state index contributed by atoms with van der Waals surface area (Å²) in [6.07, 6.45) is 6.02. The average molecular weight is 473 g/mol. The minimum absolute atomic E-state index is 0.00693. The van der Waals surface area contributed by atoms with Crippen LogP contribution in [0.25, 0.3) is 11.5 Å². The normalized spacial score (nSPS) is 19.4. The standard InChI is InChI=1S/C25H36N4O3S/c1-24(2,3)20-9-7-19(8-10-20)22-27-28-23(32-22)33-17-21(30)26-18-25(11-5-4-6-12-25)29-13-15-31-16-14-29/h7-10H,4-6,11-18H2,1-3H3,(H,26,30). The van der Waals surface area contributed by atoms with Crippen molar-refractivity contribution in [3.05, 3.63) is 29.8 Å². The fourth-order valence-corrected chi connectivity index (χ4v) is 5.38. The first-order chi connectivity index (χ1) is 15.9. The number of morpholine rings is 1. The Kier molecular flexibility index (Phi) is 7.76. The molecule has 0 bridgehead atoms. The maximum atomic E-state index is 12.6. The summed E-state index contributed by atoms with van der Waals surface area (Å²) in [7, 11) is 0. The predicted molar refractivity (Wildman–Crippen MR) is 130 cm³/mol. The molecule has 1 saturated carbocycles. The number of carbonyl (C=O) groups is 1. The van der Waals surface area contributed by atoms with Crippen LogP contribution >= 0.6 is 11.8 Å². The molecule has 0 atom stereocenters. The number of nitrogens with one attached hydrogen (secondary N) is 1. The van der Waals surface area contributed by atoms with E-state index in [9.17, 15) is 4.79 Å². The van der Waals surface area contributed by atoms with Crippen molar-refractivity contribution in [3.8, 4) is 11.5 Å². The second-order valence-corrected chi connectivity index (χ2v) is 11.1. The predicted octanol–water partition coefficient (Wildman–Crippen LogP) is 4.28. The second-order valence-electron chi connectivity index (χ2n) is 10.2. The van der Waals surface area contributed by atoms with Crippen molar-refractivity contribution in [2.75, 3.05) is 38.6 Å². The van der Waals surface area contributed by atoms with Gasteiger partial charge in [0.25, 0.3) is 5.22 Å². The summed E-state index contributed by atoms with van der Waals surface area (Å²) in [6, 6.07) is 8.19. The number of hydrogen-bond donors (Lipinski definition) is 1. The van der Waals surface area contributed by atoms with Crippen LogP contribution in [0.4, 0.5) is 0 Å². The highest BCUT2D eigenvalue weighted by atomic mass is 32.2. The smallest absolute Gasteiger partial charge is 0.277 e. The van der Waals surface area contributed by atoms with E-state index in [-0.39, 0.29) is 22.6 Å². The molecule has 2 fully saturated rings. The number of ether oxygens (including phenoxy) is 1. The fraction of sp³-hybridized carbons (Fsp3) is 0.640. The third-order valence-electron chi connectivity index (χ3n) is 6.81. The highest BCUT2D eigenvalue weighted by Gasteiger charge is 2.38. The number of nitrogens with zero attached hydrogens (tertiary/aromatic N) is 3. The lowest BCUT2D eigenvalue weighted by molar-refractivity contribution is -0.119. The Morgan fingerprint density at radius 1 is 1.09 bits per heavy atom. The molecule has 33 heavy (non-hydrogen) atoms. The van der Waals surface area contributed by atoms with Crippen LogP contribution in [-0.4, -0.2) is 65.1 Å². The highest BCUT2D eigenvalue weighted by molar-refractivity contribution is 7.99. The zero-order valence-corrected chi connectivity index (χ0v) is 20.9. The molecule has 8 heteroatoms. The quantitative estimate of drug-likeness (QED) is 0.603. The molecule has 1 aromatic heterocycles. The molecular formula is C25H36N4O3S. The van der Waals surface area contributed by atoms with Crippen molar-refractivity contribution in [1.29, 1.82) is 0 Å². The van der Waals surface area contributed by atoms with E-state index in [1.165, 1.54) is 36.6 Å². The van der Waals surface area contributed by atoms with Crippen LogP contribution in [-0.2, 0) is 14.9 Å². The molecule has 0 radical (unpaired) electrons. The second kappa shape index (κ2) is 10.6. The van der Waals surface area contributed by atoms with E-state index in [1.807, 2.05) is 12.1 Å². The Labute approximate surface area is 201 Å². The van der Waals surface area contributed by atoms with Crippen LogP contribution in [0.15, 0.2) is 33.9 Å². The number of rotatable bonds is 7. The number of amides is 1. The van der Waals surface area contributed by atoms with Gasteiger partial charge < -0.3 is 14.5 Å². The number of aromatic nitrogens is 2. The molecule has 2 aliphatic rings. The SMILES string of the molecule is CC(C)(C)c1ccc(-c2nnc(SCC(=O)NCC3(N4CCOCC4)CCCCC3)o2)cc1. The summed E-state index contributed by atoms with van der Waals surface area (Å²) < 4.78 is 11.3. The summed E-state index contributed by atoms with van der Waals surface area (Å²) in [5.74, 6) is 0.753. The number of carbonyl (C=O) groups excluding carboxylic acids is 1. The Bertz CT molecular complexity index is 910. The van der Waals surface area contributed by atoms with Gasteiger partial charge in [0.05, 0.1) is 19.0 Å². The first-order valence-corrected chi connectivity index (χ1v) is 13.0. The monoisotopic (exact) mass is 472 g/mol. The molecule has 7 nitrogen and oxygen atoms in total. The summed E-state index contributed by atoms with van der Waals surface area (Å²) in [5.41, 5.74) is 2.31. The third kappa shape index (κ3) is 6.16. The van der Waals surface area contributed by atoms with E-state index in [0.717, 1.165) is 44.7 Å². The average Bonchev–Trinajstić information content (AvgIpc) is 3.31. The molecule has 1 saturated heterocycles. The number of benzene rings is 1. The summed E-state index contributed by atoms with van der Waals surface area (Å²) in [5, 5.41) is 11.9. The molecule has 2 aromatic rings. The van der Waals surface area contributed by atoms with Crippen LogP contribution in [0.2, 0.25) is 0 Å². The van der Waals surface area contributed by atoms with Gasteiger partial charge >= 0.3 is 0 Å². The van der Waals surface area contributed by atoms with Crippen molar-refractivity contribution in [2.45, 2.75) is 69.1 Å². The lowest BCUT2D eigenvalue weighted by atomic mass is 9.79. The van der Waals surface area contributed by atoms with Crippen LogP contribution in [0.1, 0.15) is 58.4 Å². The molecule has 0 spiro atoms. The number of hydrogen-bond acceptors (Lipinski definition) is 7. The Balaban J connectivity index is 1.29. The van der Waals surface area contributed by atoms with E-state index in [2.05, 4.69) is 53.3 Å². The fourth-order valence-electron chi connectivity index (χ4n) is 4.79. The number of thioether (sulfide) groups is 1. The maximum absolute atomic E-state index is 12.6. The topological polar surface area (TPSA) is 80.5 Å². The van der Waals surface area contributed by atoms with Gasteiger partial charge in [0.15, 0.2) is 0 Å². The third-order valence-corrected chi connectivity index (χ3v) is 7.63. The highest BCUT2D eigenvalue weighted by Crippen LogP contribution is 2.34. The molecule has 4 rings (SSSR count). The van der Waals surface area contributed by atoms with Crippen molar-refractivity contribution in [1.82, 2.24) is 20.4 Å². The minimum atomic E-state index is 0.00693. The van der Waals surface area contributed by atoms with Gasteiger partial charge in [-0.05, 0) is 36.0 Å². The zero-order chi connectivity index (χ0) is 23.3. The maximum Gasteiger partial charge on any atom is 0.277 e. The van der Waals surface area contributed by atoms with Crippen LogP contribution in [0, 0.1) is 0 Å². The molecule has 1 aliphatic heterocycles. The first-order valence-electron chi connectivity index (χ1n) is 12.0. The first kappa shape index (κ1) is 24.2. The summed E-state index contributed by atoms with van der Waals surface area (Å²) >= 11 is 1.29. The van der Waals surface area contributed by atoms with E-state index >= 15 is 0 Å². The van der Waals surface area contributed by atoms with Gasteiger partial charge in [0.1, 0.15) is 0 Å². The van der Waals surface area contributed by atoms with Crippen LogP contribution in [0.5, 0.6) is 0 Å². The zero-order valence-electron chi connectivity index (χ0n) is 20.1. The molecule has 180 valence electrons. The Morgan fingerprint density at radius 2 is 1.79 bits per heavy atom. The Hall–Kier alpha value is -1.90. The summed E-state index contributed by atoms with van der Waals surface area (Å²) in [6.45, 7) is 10.7. The van der Waals surface area contributed by atoms with Crippen molar-refractivity contribution in [2.24, 2.45) is 0 Å². The van der Waals surface area contributed by atoms with Gasteiger partial charge in [0, 0.05) is 30.7 Å². The molecule has 2 heterocycles. The molecule has 1 N–H and O–H groups in total. The van der Waals surface area contributed by atoms with Gasteiger partial charge in [-0.15, -0.1) is 10.2 Å². The van der Waals surface area contributed by atoms with Gasteiger partial charge in [-0.1, -0.05) is 63.9 Å². The molecule has 1 aromatic carbocycles. The van der Waals surface area contributed by atoms with E-state index in [0.29, 0.717) is 17.7 Å². The van der Waals surface area contributed by atoms with Crippen LogP contribution < -0.4 is 5.32 Å². The van der Waals surface area contributed by atoms with Crippen LogP contribution in [0.3, 0.4) is 0 Å². The van der Waals surface area contributed by atoms with E-state index in [1.54, 1.807) is 0 Å². The Morgan fingerprint density at radius 3 is 2.45 bits per heavy atom. The molecular weight excluding hydrogens is 436 g/mol. The summed E-state index contributed by atoms with van der Waals surface area (Å²) in [4.78, 5) is 15.2. The molecule has 1 aliphatic carbocycles. The molecule has 0 unspecified atom stereocenters. The van der Waals surface area contributed by atoms with Gasteiger partial charge in [0.2, 0.25) is 11.8 Å². The largest absolute Gasteiger partial charge is 0.411 e. The van der Waals surface area contributed by atoms with Gasteiger partial charge in [-0.3, -0.25) is 9.69 Å². The lowest BCUT2D eigenvalue weighted by Crippen LogP contribution is -2.59. The van der Waals surface area contributed by atoms with Gasteiger partial charge in [-0.25, -0.2) is 0 Å².